The van der Waals surface area contributed by atoms with Crippen molar-refractivity contribution in [3.05, 3.63) is 29.8 Å². The van der Waals surface area contributed by atoms with Crippen LogP contribution in [0.15, 0.2) is 29.2 Å². The molecule has 0 fully saturated rings. The second kappa shape index (κ2) is 6.74. The van der Waals surface area contributed by atoms with E-state index in [1.54, 1.807) is 19.1 Å². The van der Waals surface area contributed by atoms with Gasteiger partial charge in [0.25, 0.3) is 0 Å². The molecule has 0 atom stereocenters. The largest absolute Gasteiger partial charge is 0.317 e. The van der Waals surface area contributed by atoms with Crippen LogP contribution in [-0.4, -0.2) is 28.1 Å². The highest BCUT2D eigenvalue weighted by atomic mass is 32.2. The summed E-state index contributed by atoms with van der Waals surface area (Å²) in [6.45, 7) is 6.10. The molecule has 5 heteroatoms. The van der Waals surface area contributed by atoms with Crippen molar-refractivity contribution in [1.29, 1.82) is 0 Å². The maximum absolute atomic E-state index is 11.7. The Morgan fingerprint density at radius 1 is 1.06 bits per heavy atom. The van der Waals surface area contributed by atoms with E-state index in [1.165, 1.54) is 0 Å². The van der Waals surface area contributed by atoms with E-state index in [2.05, 4.69) is 17.0 Å². The number of benzene rings is 1. The number of likely N-dealkylation sites (N-methyl/N-ethyl adjacent to an activating group) is 1. The van der Waals surface area contributed by atoms with Crippen LogP contribution in [0.5, 0.6) is 0 Å². The molecule has 96 valence electrons. The quantitative estimate of drug-likeness (QED) is 0.719. The fourth-order valence-corrected chi connectivity index (χ4v) is 2.56. The average molecular weight is 256 g/mol. The van der Waals surface area contributed by atoms with Gasteiger partial charge < -0.3 is 5.32 Å². The lowest BCUT2D eigenvalue weighted by atomic mass is 10.1. The van der Waals surface area contributed by atoms with Crippen LogP contribution < -0.4 is 10.0 Å². The number of rotatable bonds is 7. The molecule has 0 amide bonds. The number of hydrogen-bond donors (Lipinski definition) is 2. The van der Waals surface area contributed by atoms with Crippen LogP contribution in [0.2, 0.25) is 0 Å². The first-order chi connectivity index (χ1) is 8.10. The zero-order valence-electron chi connectivity index (χ0n) is 10.4. The SMILES string of the molecule is CCNCCc1ccc(S(=O)(=O)NCC)cc1. The molecule has 2 N–H and O–H groups in total. The normalized spacial score (nSPS) is 11.6. The van der Waals surface area contributed by atoms with E-state index >= 15 is 0 Å². The van der Waals surface area contributed by atoms with Gasteiger partial charge in [-0.25, -0.2) is 13.1 Å². The summed E-state index contributed by atoms with van der Waals surface area (Å²) < 4.78 is 25.8. The summed E-state index contributed by atoms with van der Waals surface area (Å²) in [5.41, 5.74) is 1.14. The van der Waals surface area contributed by atoms with Gasteiger partial charge in [0, 0.05) is 6.54 Å². The van der Waals surface area contributed by atoms with Crippen molar-refractivity contribution in [2.24, 2.45) is 0 Å². The smallest absolute Gasteiger partial charge is 0.240 e. The molecule has 0 aliphatic carbocycles. The van der Waals surface area contributed by atoms with Crippen molar-refractivity contribution in [2.45, 2.75) is 25.2 Å². The summed E-state index contributed by atoms with van der Waals surface area (Å²) in [5, 5.41) is 3.23. The molecular formula is C12H20N2O2S. The van der Waals surface area contributed by atoms with Crippen LogP contribution in [0.3, 0.4) is 0 Å². The van der Waals surface area contributed by atoms with Gasteiger partial charge in [-0.1, -0.05) is 26.0 Å². The van der Waals surface area contributed by atoms with Gasteiger partial charge in [0.15, 0.2) is 0 Å². The van der Waals surface area contributed by atoms with E-state index in [0.29, 0.717) is 11.4 Å². The zero-order valence-corrected chi connectivity index (χ0v) is 11.2. The van der Waals surface area contributed by atoms with E-state index in [9.17, 15) is 8.42 Å². The van der Waals surface area contributed by atoms with Gasteiger partial charge in [-0.05, 0) is 37.2 Å². The molecule has 1 rings (SSSR count). The first-order valence-corrected chi connectivity index (χ1v) is 7.37. The van der Waals surface area contributed by atoms with Crippen LogP contribution >= 0.6 is 0 Å². The maximum atomic E-state index is 11.7. The highest BCUT2D eigenvalue weighted by molar-refractivity contribution is 7.89. The van der Waals surface area contributed by atoms with Gasteiger partial charge >= 0.3 is 0 Å². The Hall–Kier alpha value is -0.910. The maximum Gasteiger partial charge on any atom is 0.240 e. The lowest BCUT2D eigenvalue weighted by Gasteiger charge is -2.06. The third kappa shape index (κ3) is 4.46. The number of hydrogen-bond acceptors (Lipinski definition) is 3. The van der Waals surface area contributed by atoms with Crippen molar-refractivity contribution >= 4 is 10.0 Å². The van der Waals surface area contributed by atoms with Crippen LogP contribution in [0.25, 0.3) is 0 Å². The highest BCUT2D eigenvalue weighted by Gasteiger charge is 2.11. The predicted molar refractivity (Wildman–Crippen MR) is 69.6 cm³/mol. The summed E-state index contributed by atoms with van der Waals surface area (Å²) in [7, 11) is -3.32. The molecule has 0 saturated carbocycles. The molecule has 4 nitrogen and oxygen atoms in total. The van der Waals surface area contributed by atoms with Crippen molar-refractivity contribution in [2.75, 3.05) is 19.6 Å². The van der Waals surface area contributed by atoms with Gasteiger partial charge in [0.2, 0.25) is 10.0 Å². The van der Waals surface area contributed by atoms with Gasteiger partial charge in [0.1, 0.15) is 0 Å². The molecule has 17 heavy (non-hydrogen) atoms. The fraction of sp³-hybridized carbons (Fsp3) is 0.500. The van der Waals surface area contributed by atoms with Crippen LogP contribution in [0, 0.1) is 0 Å². The minimum Gasteiger partial charge on any atom is -0.317 e. The minimum atomic E-state index is -3.32. The Labute approximate surface area is 103 Å². The second-order valence-corrected chi connectivity index (χ2v) is 5.52. The molecule has 0 spiro atoms. The van der Waals surface area contributed by atoms with Crippen molar-refractivity contribution in [1.82, 2.24) is 10.0 Å². The molecule has 0 unspecified atom stereocenters. The van der Waals surface area contributed by atoms with E-state index in [4.69, 9.17) is 0 Å². The Bertz CT molecular complexity index is 426. The van der Waals surface area contributed by atoms with Crippen molar-refractivity contribution < 1.29 is 8.42 Å². The molecule has 0 aromatic heterocycles. The summed E-state index contributed by atoms with van der Waals surface area (Å²) in [6, 6.07) is 7.03. The van der Waals surface area contributed by atoms with Crippen LogP contribution in [-0.2, 0) is 16.4 Å². The standard InChI is InChI=1S/C12H20N2O2S/c1-3-13-10-9-11-5-7-12(8-6-11)17(15,16)14-4-2/h5-8,13-14H,3-4,9-10H2,1-2H3. The van der Waals surface area contributed by atoms with E-state index in [-0.39, 0.29) is 0 Å². The lowest BCUT2D eigenvalue weighted by Crippen LogP contribution is -2.23. The molecule has 0 aliphatic rings. The van der Waals surface area contributed by atoms with Crippen molar-refractivity contribution in [3.63, 3.8) is 0 Å². The van der Waals surface area contributed by atoms with Gasteiger partial charge in [-0.3, -0.25) is 0 Å². The lowest BCUT2D eigenvalue weighted by molar-refractivity contribution is 0.584. The van der Waals surface area contributed by atoms with E-state index in [0.717, 1.165) is 25.1 Å². The average Bonchev–Trinajstić information content (AvgIpc) is 2.30. The Kier molecular flexibility index (Phi) is 5.61. The first kappa shape index (κ1) is 14.2. The molecule has 0 heterocycles. The molecule has 0 saturated heterocycles. The fourth-order valence-electron chi connectivity index (χ4n) is 1.52. The summed E-state index contributed by atoms with van der Waals surface area (Å²) >= 11 is 0. The minimum absolute atomic E-state index is 0.326. The number of sulfonamides is 1. The summed E-state index contributed by atoms with van der Waals surface area (Å²) in [5.74, 6) is 0. The monoisotopic (exact) mass is 256 g/mol. The molecule has 1 aromatic carbocycles. The van der Waals surface area contributed by atoms with E-state index < -0.39 is 10.0 Å². The summed E-state index contributed by atoms with van der Waals surface area (Å²) in [4.78, 5) is 0.326. The van der Waals surface area contributed by atoms with Gasteiger partial charge in [-0.15, -0.1) is 0 Å². The molecule has 0 radical (unpaired) electrons. The third-order valence-electron chi connectivity index (χ3n) is 2.41. The van der Waals surface area contributed by atoms with Crippen LogP contribution in [0.4, 0.5) is 0 Å². The topological polar surface area (TPSA) is 58.2 Å². The molecular weight excluding hydrogens is 236 g/mol. The Morgan fingerprint density at radius 3 is 2.24 bits per heavy atom. The van der Waals surface area contributed by atoms with Gasteiger partial charge in [0.05, 0.1) is 4.90 Å². The van der Waals surface area contributed by atoms with Crippen LogP contribution in [0.1, 0.15) is 19.4 Å². The molecule has 1 aromatic rings. The predicted octanol–water partition coefficient (Wildman–Crippen LogP) is 1.14. The van der Waals surface area contributed by atoms with Crippen molar-refractivity contribution in [3.8, 4) is 0 Å². The first-order valence-electron chi connectivity index (χ1n) is 5.89. The Balaban J connectivity index is 2.68. The molecule has 0 bridgehead atoms. The van der Waals surface area contributed by atoms with E-state index in [1.807, 2.05) is 12.1 Å². The highest BCUT2D eigenvalue weighted by Crippen LogP contribution is 2.10. The summed E-state index contributed by atoms with van der Waals surface area (Å²) in [6.07, 6.45) is 0.912. The Morgan fingerprint density at radius 2 is 1.71 bits per heavy atom. The molecule has 0 aliphatic heterocycles. The second-order valence-electron chi connectivity index (χ2n) is 3.75. The zero-order chi connectivity index (χ0) is 12.7. The third-order valence-corrected chi connectivity index (χ3v) is 3.97. The van der Waals surface area contributed by atoms with Gasteiger partial charge in [-0.2, -0.15) is 0 Å². The number of nitrogens with one attached hydrogen (secondary N) is 2.